The highest BCUT2D eigenvalue weighted by Gasteiger charge is 2.15. The first-order valence-electron chi connectivity index (χ1n) is 8.17. The van der Waals surface area contributed by atoms with Crippen LogP contribution in [0, 0.1) is 0 Å². The van der Waals surface area contributed by atoms with Crippen molar-refractivity contribution in [3.05, 3.63) is 69.7 Å². The van der Waals surface area contributed by atoms with E-state index in [-0.39, 0.29) is 12.1 Å². The molecule has 0 bridgehead atoms. The molecule has 3 rings (SSSR count). The predicted octanol–water partition coefficient (Wildman–Crippen LogP) is 5.79. The van der Waals surface area contributed by atoms with Gasteiger partial charge in [-0.15, -0.1) is 0 Å². The summed E-state index contributed by atoms with van der Waals surface area (Å²) >= 11 is 12.0. The second-order valence-electron chi connectivity index (χ2n) is 5.81. The van der Waals surface area contributed by atoms with Gasteiger partial charge in [-0.05, 0) is 54.8 Å². The van der Waals surface area contributed by atoms with Crippen molar-refractivity contribution in [2.45, 2.75) is 25.6 Å². The Labute approximate surface area is 157 Å². The Balaban J connectivity index is 1.69. The summed E-state index contributed by atoms with van der Waals surface area (Å²) in [4.78, 5) is 12.4. The molecule has 1 saturated heterocycles. The van der Waals surface area contributed by atoms with E-state index >= 15 is 0 Å². The second kappa shape index (κ2) is 8.52. The summed E-state index contributed by atoms with van der Waals surface area (Å²) in [5.74, 6) is 0.511. The summed E-state index contributed by atoms with van der Waals surface area (Å²) in [5.41, 5.74) is 1.29. The van der Waals surface area contributed by atoms with E-state index in [0.717, 1.165) is 24.8 Å². The third-order valence-corrected chi connectivity index (χ3v) is 4.46. The number of benzene rings is 2. The van der Waals surface area contributed by atoms with Crippen LogP contribution in [-0.4, -0.2) is 18.7 Å². The minimum absolute atomic E-state index is 0.124. The monoisotopic (exact) mass is 376 g/mol. The van der Waals surface area contributed by atoms with E-state index in [2.05, 4.69) is 0 Å². The molecule has 0 aromatic heterocycles. The maximum Gasteiger partial charge on any atom is 0.199 e. The molecule has 0 saturated carbocycles. The molecule has 1 aliphatic heterocycles. The SMILES string of the molecule is O=C(C=Cc1ccc(Cl)cc1Cl)c1cccc(OC2CCCCO2)c1. The lowest BCUT2D eigenvalue weighted by Gasteiger charge is -2.23. The molecule has 2 aromatic carbocycles. The van der Waals surface area contributed by atoms with Gasteiger partial charge in [0.1, 0.15) is 5.75 Å². The lowest BCUT2D eigenvalue weighted by atomic mass is 10.1. The summed E-state index contributed by atoms with van der Waals surface area (Å²) in [7, 11) is 0. The summed E-state index contributed by atoms with van der Waals surface area (Å²) < 4.78 is 11.4. The highest BCUT2D eigenvalue weighted by molar-refractivity contribution is 6.35. The van der Waals surface area contributed by atoms with E-state index in [4.69, 9.17) is 32.7 Å². The maximum absolute atomic E-state index is 12.4. The van der Waals surface area contributed by atoms with E-state index < -0.39 is 0 Å². The Morgan fingerprint density at radius 3 is 2.80 bits per heavy atom. The molecule has 1 atom stereocenters. The Morgan fingerprint density at radius 1 is 1.16 bits per heavy atom. The smallest absolute Gasteiger partial charge is 0.199 e. The minimum atomic E-state index is -0.234. The van der Waals surface area contributed by atoms with Crippen LogP contribution in [0.1, 0.15) is 35.2 Å². The summed E-state index contributed by atoms with van der Waals surface area (Å²) in [6.45, 7) is 0.716. The molecule has 2 aromatic rings. The number of carbonyl (C=O) groups is 1. The van der Waals surface area contributed by atoms with Gasteiger partial charge in [0.25, 0.3) is 0 Å². The fraction of sp³-hybridized carbons (Fsp3) is 0.250. The summed E-state index contributed by atoms with van der Waals surface area (Å²) in [6.07, 6.45) is 5.96. The zero-order chi connectivity index (χ0) is 17.6. The zero-order valence-corrected chi connectivity index (χ0v) is 15.1. The van der Waals surface area contributed by atoms with Gasteiger partial charge in [0.05, 0.1) is 6.61 Å². The molecule has 0 amide bonds. The van der Waals surface area contributed by atoms with Crippen LogP contribution in [0.25, 0.3) is 6.08 Å². The van der Waals surface area contributed by atoms with Crippen LogP contribution in [0.15, 0.2) is 48.5 Å². The van der Waals surface area contributed by atoms with Crippen LogP contribution in [0.4, 0.5) is 0 Å². The molecule has 5 heteroatoms. The van der Waals surface area contributed by atoms with Crippen molar-refractivity contribution in [2.75, 3.05) is 6.61 Å². The van der Waals surface area contributed by atoms with Crippen molar-refractivity contribution in [1.29, 1.82) is 0 Å². The van der Waals surface area contributed by atoms with E-state index in [1.54, 1.807) is 42.5 Å². The Kier molecular flexibility index (Phi) is 6.14. The average molecular weight is 377 g/mol. The third kappa shape index (κ3) is 5.08. The van der Waals surface area contributed by atoms with Crippen molar-refractivity contribution in [3.8, 4) is 5.75 Å². The molecule has 25 heavy (non-hydrogen) atoms. The lowest BCUT2D eigenvalue weighted by molar-refractivity contribution is -0.105. The van der Waals surface area contributed by atoms with E-state index in [1.165, 1.54) is 6.08 Å². The van der Waals surface area contributed by atoms with Crippen LogP contribution in [0.2, 0.25) is 10.0 Å². The number of ether oxygens (including phenoxy) is 2. The molecule has 1 heterocycles. The summed E-state index contributed by atoms with van der Waals surface area (Å²) in [5, 5.41) is 1.06. The van der Waals surface area contributed by atoms with Crippen LogP contribution in [0.5, 0.6) is 5.75 Å². The third-order valence-electron chi connectivity index (χ3n) is 3.90. The minimum Gasteiger partial charge on any atom is -0.465 e. The van der Waals surface area contributed by atoms with Crippen LogP contribution < -0.4 is 4.74 Å². The first kappa shape index (κ1) is 18.0. The first-order valence-corrected chi connectivity index (χ1v) is 8.93. The van der Waals surface area contributed by atoms with Crippen molar-refractivity contribution in [3.63, 3.8) is 0 Å². The Bertz CT molecular complexity index is 780. The van der Waals surface area contributed by atoms with E-state index in [0.29, 0.717) is 28.0 Å². The van der Waals surface area contributed by atoms with Gasteiger partial charge in [-0.3, -0.25) is 4.79 Å². The van der Waals surface area contributed by atoms with E-state index in [1.807, 2.05) is 6.07 Å². The van der Waals surface area contributed by atoms with Crippen LogP contribution >= 0.6 is 23.2 Å². The largest absolute Gasteiger partial charge is 0.465 e. The molecule has 1 fully saturated rings. The number of halogens is 2. The maximum atomic E-state index is 12.4. The zero-order valence-electron chi connectivity index (χ0n) is 13.6. The fourth-order valence-corrected chi connectivity index (χ4v) is 3.05. The normalized spacial score (nSPS) is 17.6. The number of carbonyl (C=O) groups excluding carboxylic acids is 1. The second-order valence-corrected chi connectivity index (χ2v) is 6.65. The number of ketones is 1. The van der Waals surface area contributed by atoms with Gasteiger partial charge in [-0.25, -0.2) is 0 Å². The molecular weight excluding hydrogens is 359 g/mol. The van der Waals surface area contributed by atoms with Gasteiger partial charge in [0.15, 0.2) is 12.1 Å². The predicted molar refractivity (Wildman–Crippen MR) is 100 cm³/mol. The first-order chi connectivity index (χ1) is 12.1. The molecular formula is C20H18Cl2O3. The van der Waals surface area contributed by atoms with Gasteiger partial charge in [0, 0.05) is 22.0 Å². The fourth-order valence-electron chi connectivity index (χ4n) is 2.58. The van der Waals surface area contributed by atoms with Crippen molar-refractivity contribution in [1.82, 2.24) is 0 Å². The van der Waals surface area contributed by atoms with Gasteiger partial charge >= 0.3 is 0 Å². The molecule has 0 N–H and O–H groups in total. The van der Waals surface area contributed by atoms with Crippen molar-refractivity contribution in [2.24, 2.45) is 0 Å². The number of rotatable bonds is 5. The number of hydrogen-bond acceptors (Lipinski definition) is 3. The summed E-state index contributed by atoms with van der Waals surface area (Å²) in [6, 6.07) is 12.3. The number of allylic oxidation sites excluding steroid dienone is 1. The molecule has 3 nitrogen and oxygen atoms in total. The highest BCUT2D eigenvalue weighted by atomic mass is 35.5. The molecule has 0 radical (unpaired) electrons. The standard InChI is InChI=1S/C20H18Cl2O3/c21-16-9-7-14(18(22)13-16)8-10-19(23)15-4-3-5-17(12-15)25-20-6-1-2-11-24-20/h3-5,7-10,12-13,20H,1-2,6,11H2. The molecule has 130 valence electrons. The van der Waals surface area contributed by atoms with Gasteiger partial charge in [-0.2, -0.15) is 0 Å². The Hall–Kier alpha value is -1.81. The average Bonchev–Trinajstić information content (AvgIpc) is 2.62. The van der Waals surface area contributed by atoms with Crippen molar-refractivity contribution >= 4 is 35.1 Å². The van der Waals surface area contributed by atoms with Gasteiger partial charge < -0.3 is 9.47 Å². The molecule has 0 spiro atoms. The highest BCUT2D eigenvalue weighted by Crippen LogP contribution is 2.23. The molecule has 1 aliphatic rings. The topological polar surface area (TPSA) is 35.5 Å². The van der Waals surface area contributed by atoms with Crippen LogP contribution in [0.3, 0.4) is 0 Å². The van der Waals surface area contributed by atoms with Crippen molar-refractivity contribution < 1.29 is 14.3 Å². The lowest BCUT2D eigenvalue weighted by Crippen LogP contribution is -2.25. The Morgan fingerprint density at radius 2 is 2.04 bits per heavy atom. The quantitative estimate of drug-likeness (QED) is 0.488. The number of hydrogen-bond donors (Lipinski definition) is 0. The van der Waals surface area contributed by atoms with Crippen LogP contribution in [-0.2, 0) is 4.74 Å². The van der Waals surface area contributed by atoms with Gasteiger partial charge in [0.2, 0.25) is 0 Å². The van der Waals surface area contributed by atoms with Gasteiger partial charge in [-0.1, -0.05) is 41.4 Å². The van der Waals surface area contributed by atoms with E-state index in [9.17, 15) is 4.79 Å². The molecule has 1 unspecified atom stereocenters. The molecule has 0 aliphatic carbocycles.